The van der Waals surface area contributed by atoms with E-state index in [1.165, 1.54) is 12.1 Å². The molecular formula is C26H31F3N2O2. The minimum atomic E-state index is -4.44. The molecule has 1 aliphatic heterocycles. The van der Waals surface area contributed by atoms with Crippen molar-refractivity contribution < 1.29 is 22.7 Å². The second-order valence-corrected chi connectivity index (χ2v) is 8.63. The number of methoxy groups -OCH3 is 1. The molecule has 1 aliphatic rings. The molecular weight excluding hydrogens is 429 g/mol. The molecule has 2 aromatic rings. The molecule has 1 heterocycles. The summed E-state index contributed by atoms with van der Waals surface area (Å²) in [6.07, 6.45) is 0.283. The third kappa shape index (κ3) is 5.77. The van der Waals surface area contributed by atoms with E-state index < -0.39 is 17.7 Å². The lowest BCUT2D eigenvalue weighted by molar-refractivity contribution is -0.137. The van der Waals surface area contributed by atoms with Gasteiger partial charge in [-0.1, -0.05) is 24.3 Å². The maximum Gasteiger partial charge on any atom is 0.416 e. The summed E-state index contributed by atoms with van der Waals surface area (Å²) in [7, 11) is 5.40. The smallest absolute Gasteiger partial charge is 0.416 e. The van der Waals surface area contributed by atoms with Crippen LogP contribution in [0.25, 0.3) is 0 Å². The van der Waals surface area contributed by atoms with E-state index >= 15 is 0 Å². The predicted molar refractivity (Wildman–Crippen MR) is 125 cm³/mol. The van der Waals surface area contributed by atoms with E-state index in [1.807, 2.05) is 62.3 Å². The van der Waals surface area contributed by atoms with Crippen molar-refractivity contribution in [2.75, 3.05) is 39.2 Å². The Hall–Kier alpha value is -2.80. The van der Waals surface area contributed by atoms with Crippen molar-refractivity contribution in [3.8, 4) is 5.75 Å². The van der Waals surface area contributed by atoms with Crippen molar-refractivity contribution in [3.05, 3.63) is 71.3 Å². The first kappa shape index (κ1) is 24.8. The van der Waals surface area contributed by atoms with E-state index in [9.17, 15) is 18.0 Å². The zero-order chi connectivity index (χ0) is 24.2. The van der Waals surface area contributed by atoms with Crippen LogP contribution in [0.4, 0.5) is 18.9 Å². The molecule has 4 nitrogen and oxygen atoms in total. The standard InChI is InChI=1S/C26H31F3N2O2/c1-5-6-7-22-23(18-8-11-21(33-4)12-9-18)17-19-16-20(26(27,28)29)10-13-24(19)31(25(22)32)15-14-30(2)3/h5-6,8-13,16,22-23H,7,14-15,17H2,1-4H3/t22-,23+/m1/s1. The number of alkyl halides is 3. The highest BCUT2D eigenvalue weighted by molar-refractivity contribution is 5.97. The quantitative estimate of drug-likeness (QED) is 0.510. The number of carbonyl (C=O) groups excluding carboxylic acids is 1. The molecule has 7 heteroatoms. The van der Waals surface area contributed by atoms with Crippen molar-refractivity contribution >= 4 is 11.6 Å². The van der Waals surface area contributed by atoms with Crippen LogP contribution in [-0.2, 0) is 17.4 Å². The number of anilines is 1. The molecule has 0 bridgehead atoms. The Kier molecular flexibility index (Phi) is 7.84. The lowest BCUT2D eigenvalue weighted by Gasteiger charge is -2.29. The lowest BCUT2D eigenvalue weighted by Crippen LogP contribution is -2.41. The Morgan fingerprint density at radius 1 is 1.15 bits per heavy atom. The van der Waals surface area contributed by atoms with Gasteiger partial charge < -0.3 is 14.5 Å². The number of allylic oxidation sites excluding steroid dienone is 2. The monoisotopic (exact) mass is 460 g/mol. The van der Waals surface area contributed by atoms with Gasteiger partial charge in [0.15, 0.2) is 0 Å². The number of halogens is 3. The van der Waals surface area contributed by atoms with Gasteiger partial charge in [-0.25, -0.2) is 0 Å². The Bertz CT molecular complexity index is 984. The van der Waals surface area contributed by atoms with Gasteiger partial charge in [-0.15, -0.1) is 0 Å². The van der Waals surface area contributed by atoms with E-state index in [0.29, 0.717) is 42.9 Å². The molecule has 33 heavy (non-hydrogen) atoms. The Morgan fingerprint density at radius 3 is 2.42 bits per heavy atom. The summed E-state index contributed by atoms with van der Waals surface area (Å²) in [4.78, 5) is 17.5. The number of ether oxygens (including phenoxy) is 1. The van der Waals surface area contributed by atoms with E-state index in [0.717, 1.165) is 11.6 Å². The number of benzene rings is 2. The van der Waals surface area contributed by atoms with Crippen LogP contribution in [0.5, 0.6) is 5.75 Å². The number of carbonyl (C=O) groups is 1. The fourth-order valence-electron chi connectivity index (χ4n) is 4.34. The Labute approximate surface area is 193 Å². The predicted octanol–water partition coefficient (Wildman–Crippen LogP) is 5.53. The highest BCUT2D eigenvalue weighted by Gasteiger charge is 2.39. The van der Waals surface area contributed by atoms with Gasteiger partial charge in [0, 0.05) is 24.7 Å². The summed E-state index contributed by atoms with van der Waals surface area (Å²) < 4.78 is 45.8. The first-order valence-corrected chi connectivity index (χ1v) is 11.1. The van der Waals surface area contributed by atoms with Crippen LogP contribution in [-0.4, -0.2) is 45.1 Å². The minimum absolute atomic E-state index is 0.0609. The molecule has 0 saturated carbocycles. The maximum absolute atomic E-state index is 13.8. The number of nitrogens with zero attached hydrogens (tertiary/aromatic N) is 2. The van der Waals surface area contributed by atoms with Crippen LogP contribution in [0.15, 0.2) is 54.6 Å². The highest BCUT2D eigenvalue weighted by atomic mass is 19.4. The Morgan fingerprint density at radius 2 is 1.85 bits per heavy atom. The van der Waals surface area contributed by atoms with Crippen molar-refractivity contribution in [1.29, 1.82) is 0 Å². The molecule has 0 saturated heterocycles. The molecule has 0 radical (unpaired) electrons. The zero-order valence-electron chi connectivity index (χ0n) is 19.5. The van der Waals surface area contributed by atoms with Gasteiger partial charge in [0.1, 0.15) is 5.75 Å². The van der Waals surface area contributed by atoms with Crippen LogP contribution in [0.1, 0.15) is 36.0 Å². The lowest BCUT2D eigenvalue weighted by atomic mass is 9.80. The molecule has 2 aromatic carbocycles. The van der Waals surface area contributed by atoms with Gasteiger partial charge >= 0.3 is 6.18 Å². The molecule has 0 fully saturated rings. The number of amides is 1. The van der Waals surface area contributed by atoms with Crippen LogP contribution in [0, 0.1) is 5.92 Å². The van der Waals surface area contributed by atoms with Crippen molar-refractivity contribution in [2.45, 2.75) is 31.9 Å². The van der Waals surface area contributed by atoms with Gasteiger partial charge in [-0.3, -0.25) is 4.79 Å². The SMILES string of the molecule is CC=CC[C@H]1C(=O)N(CCN(C)C)c2ccc(C(F)(F)F)cc2C[C@H]1c1ccc(OC)cc1. The average molecular weight is 461 g/mol. The number of hydrogen-bond acceptors (Lipinski definition) is 3. The van der Waals surface area contributed by atoms with Gasteiger partial charge in [0.05, 0.1) is 12.7 Å². The summed E-state index contributed by atoms with van der Waals surface area (Å²) in [5, 5.41) is 0. The maximum atomic E-state index is 13.8. The van der Waals surface area contributed by atoms with Crippen LogP contribution < -0.4 is 9.64 Å². The minimum Gasteiger partial charge on any atom is -0.497 e. The number of rotatable bonds is 7. The van der Waals surface area contributed by atoms with E-state index in [2.05, 4.69) is 0 Å². The third-order valence-electron chi connectivity index (χ3n) is 6.15. The molecule has 3 rings (SSSR count). The molecule has 0 unspecified atom stereocenters. The fraction of sp³-hybridized carbons (Fsp3) is 0.423. The largest absolute Gasteiger partial charge is 0.497 e. The van der Waals surface area contributed by atoms with Gasteiger partial charge in [0.2, 0.25) is 5.91 Å². The summed E-state index contributed by atoms with van der Waals surface area (Å²) in [5.74, 6) is -0.0185. The molecule has 0 aliphatic carbocycles. The fourth-order valence-corrected chi connectivity index (χ4v) is 4.34. The van der Waals surface area contributed by atoms with Crippen LogP contribution in [0.2, 0.25) is 0 Å². The van der Waals surface area contributed by atoms with Crippen LogP contribution in [0.3, 0.4) is 0 Å². The molecule has 1 amide bonds. The van der Waals surface area contributed by atoms with Crippen molar-refractivity contribution in [1.82, 2.24) is 4.90 Å². The van der Waals surface area contributed by atoms with Gasteiger partial charge in [0.25, 0.3) is 0 Å². The topological polar surface area (TPSA) is 32.8 Å². The Balaban J connectivity index is 2.14. The van der Waals surface area contributed by atoms with E-state index in [4.69, 9.17) is 4.74 Å². The first-order valence-electron chi connectivity index (χ1n) is 11.1. The first-order chi connectivity index (χ1) is 15.7. The summed E-state index contributed by atoms with van der Waals surface area (Å²) >= 11 is 0. The molecule has 0 aromatic heterocycles. The van der Waals surface area contributed by atoms with Crippen molar-refractivity contribution in [2.24, 2.45) is 5.92 Å². The second-order valence-electron chi connectivity index (χ2n) is 8.63. The van der Waals surface area contributed by atoms with Gasteiger partial charge in [-0.05, 0) is 81.2 Å². The highest BCUT2D eigenvalue weighted by Crippen LogP contribution is 2.42. The second kappa shape index (κ2) is 10.4. The summed E-state index contributed by atoms with van der Waals surface area (Å²) in [5.41, 5.74) is 1.33. The number of fused-ring (bicyclic) bond motifs is 1. The number of likely N-dealkylation sites (N-methyl/N-ethyl adjacent to an activating group) is 1. The summed E-state index contributed by atoms with van der Waals surface area (Å²) in [6, 6.07) is 11.2. The summed E-state index contributed by atoms with van der Waals surface area (Å²) in [6.45, 7) is 2.92. The molecule has 0 spiro atoms. The number of hydrogen-bond donors (Lipinski definition) is 0. The van der Waals surface area contributed by atoms with E-state index in [-0.39, 0.29) is 11.8 Å². The molecule has 0 N–H and O–H groups in total. The van der Waals surface area contributed by atoms with Crippen molar-refractivity contribution in [3.63, 3.8) is 0 Å². The van der Waals surface area contributed by atoms with Crippen LogP contribution >= 0.6 is 0 Å². The normalized spacial score (nSPS) is 19.2. The molecule has 178 valence electrons. The zero-order valence-corrected chi connectivity index (χ0v) is 19.5. The average Bonchev–Trinajstić information content (AvgIpc) is 2.89. The third-order valence-corrected chi connectivity index (χ3v) is 6.15. The van der Waals surface area contributed by atoms with Gasteiger partial charge in [-0.2, -0.15) is 13.2 Å². The molecule has 2 atom stereocenters. The van der Waals surface area contributed by atoms with E-state index in [1.54, 1.807) is 12.0 Å².